The van der Waals surface area contributed by atoms with Crippen LogP contribution < -0.4 is 5.32 Å². The molecule has 0 spiro atoms. The van der Waals surface area contributed by atoms with E-state index in [1.54, 1.807) is 0 Å². The molecule has 3 heteroatoms. The highest BCUT2D eigenvalue weighted by atomic mass is 35.5. The van der Waals surface area contributed by atoms with Gasteiger partial charge in [0.25, 0.3) is 0 Å². The second kappa shape index (κ2) is 6.12. The van der Waals surface area contributed by atoms with Crippen LogP contribution in [0.4, 0.5) is 0 Å². The zero-order chi connectivity index (χ0) is 12.3. The zero-order valence-electron chi connectivity index (χ0n) is 10.4. The van der Waals surface area contributed by atoms with E-state index in [0.717, 1.165) is 10.3 Å². The van der Waals surface area contributed by atoms with Crippen molar-refractivity contribution in [3.63, 3.8) is 0 Å². The largest absolute Gasteiger partial charge is 0.306 e. The summed E-state index contributed by atoms with van der Waals surface area (Å²) < 4.78 is 0. The van der Waals surface area contributed by atoms with E-state index in [0.29, 0.717) is 12.1 Å². The maximum absolute atomic E-state index is 5.91. The molecule has 0 aliphatic carbocycles. The fraction of sp³-hybridized carbons (Fsp3) is 0.571. The van der Waals surface area contributed by atoms with Gasteiger partial charge >= 0.3 is 0 Å². The van der Waals surface area contributed by atoms with Crippen LogP contribution in [0.5, 0.6) is 0 Å². The summed E-state index contributed by atoms with van der Waals surface area (Å²) in [6.45, 7) is 4.56. The Kier molecular flexibility index (Phi) is 4.78. The summed E-state index contributed by atoms with van der Waals surface area (Å²) in [5.74, 6) is 1.31. The third-order valence-electron chi connectivity index (χ3n) is 3.44. The summed E-state index contributed by atoms with van der Waals surface area (Å²) in [5, 5.41) is 5.27. The van der Waals surface area contributed by atoms with E-state index in [9.17, 15) is 0 Å². The molecule has 2 rings (SSSR count). The molecule has 1 fully saturated rings. The first kappa shape index (κ1) is 13.3. The number of hydrogen-bond donors (Lipinski definition) is 1. The smallest absolute Gasteiger partial charge is 0.0406 e. The van der Waals surface area contributed by atoms with Crippen LogP contribution in [0.25, 0.3) is 0 Å². The Balaban J connectivity index is 1.95. The lowest BCUT2D eigenvalue weighted by molar-refractivity contribution is 0.417. The van der Waals surface area contributed by atoms with Crippen LogP contribution in [-0.2, 0) is 0 Å². The number of thioether (sulfide) groups is 1. The zero-order valence-corrected chi connectivity index (χ0v) is 12.0. The molecule has 1 N–H and O–H groups in total. The van der Waals surface area contributed by atoms with Gasteiger partial charge in [-0.15, -0.1) is 0 Å². The summed E-state index contributed by atoms with van der Waals surface area (Å²) in [6, 6.07) is 9.20. The molecule has 17 heavy (non-hydrogen) atoms. The van der Waals surface area contributed by atoms with Crippen molar-refractivity contribution in [3.05, 3.63) is 34.9 Å². The second-order valence-corrected chi connectivity index (χ2v) is 6.69. The van der Waals surface area contributed by atoms with Gasteiger partial charge in [0, 0.05) is 22.4 Å². The minimum atomic E-state index is 0.401. The molecule has 3 unspecified atom stereocenters. The average molecular weight is 270 g/mol. The minimum Gasteiger partial charge on any atom is -0.306 e. The molecule has 1 aliphatic rings. The molecule has 1 aliphatic heterocycles. The highest BCUT2D eigenvalue weighted by Crippen LogP contribution is 2.27. The Morgan fingerprint density at radius 3 is 2.71 bits per heavy atom. The lowest BCUT2D eigenvalue weighted by Crippen LogP contribution is -2.40. The van der Waals surface area contributed by atoms with Crippen LogP contribution >= 0.6 is 23.4 Å². The van der Waals surface area contributed by atoms with Crippen LogP contribution in [0.15, 0.2) is 24.3 Å². The van der Waals surface area contributed by atoms with Gasteiger partial charge in [-0.3, -0.25) is 0 Å². The van der Waals surface area contributed by atoms with E-state index < -0.39 is 0 Å². The van der Waals surface area contributed by atoms with Gasteiger partial charge in [-0.25, -0.2) is 0 Å². The normalized spacial score (nSPS) is 26.8. The average Bonchev–Trinajstić information content (AvgIpc) is 2.33. The van der Waals surface area contributed by atoms with Crippen LogP contribution in [-0.4, -0.2) is 17.0 Å². The topological polar surface area (TPSA) is 12.0 Å². The van der Waals surface area contributed by atoms with E-state index in [1.807, 2.05) is 12.1 Å². The molecule has 1 heterocycles. The third kappa shape index (κ3) is 3.64. The van der Waals surface area contributed by atoms with E-state index in [-0.39, 0.29) is 0 Å². The Bertz CT molecular complexity index is 352. The molecule has 0 radical (unpaired) electrons. The third-order valence-corrected chi connectivity index (χ3v) is 5.07. The van der Waals surface area contributed by atoms with Crippen molar-refractivity contribution in [2.45, 2.75) is 44.0 Å². The van der Waals surface area contributed by atoms with Gasteiger partial charge in [-0.2, -0.15) is 11.8 Å². The maximum atomic E-state index is 5.91. The van der Waals surface area contributed by atoms with E-state index >= 15 is 0 Å². The Labute approximate surface area is 113 Å². The highest BCUT2D eigenvalue weighted by Gasteiger charge is 2.23. The van der Waals surface area contributed by atoms with Crippen LogP contribution in [0.1, 0.15) is 38.3 Å². The second-order valence-electron chi connectivity index (χ2n) is 4.76. The predicted octanol–water partition coefficient (Wildman–Crippen LogP) is 4.27. The SMILES string of the molecule is CC(NC1CCCSC1C)c1ccc(Cl)cc1. The molecular formula is C14H20ClNS. The molecule has 94 valence electrons. The summed E-state index contributed by atoms with van der Waals surface area (Å²) in [5.41, 5.74) is 1.32. The van der Waals surface area contributed by atoms with Gasteiger partial charge in [0.2, 0.25) is 0 Å². The number of rotatable bonds is 3. The van der Waals surface area contributed by atoms with Gasteiger partial charge in [-0.1, -0.05) is 30.7 Å². The van der Waals surface area contributed by atoms with Crippen molar-refractivity contribution in [2.24, 2.45) is 0 Å². The number of benzene rings is 1. The molecule has 0 amide bonds. The number of halogens is 1. The molecule has 3 atom stereocenters. The molecule has 0 aromatic heterocycles. The summed E-state index contributed by atoms with van der Waals surface area (Å²) >= 11 is 7.99. The standard InChI is InChI=1S/C14H20ClNS/c1-10(12-5-7-13(15)8-6-12)16-14-4-3-9-17-11(14)2/h5-8,10-11,14,16H,3-4,9H2,1-2H3. The fourth-order valence-electron chi connectivity index (χ4n) is 2.31. The lowest BCUT2D eigenvalue weighted by atomic mass is 10.0. The first-order valence-corrected chi connectivity index (χ1v) is 7.72. The van der Waals surface area contributed by atoms with Crippen molar-refractivity contribution >= 4 is 23.4 Å². The van der Waals surface area contributed by atoms with Gasteiger partial charge in [0.1, 0.15) is 0 Å². The van der Waals surface area contributed by atoms with Crippen LogP contribution in [0.2, 0.25) is 5.02 Å². The number of nitrogens with one attached hydrogen (secondary N) is 1. The minimum absolute atomic E-state index is 0.401. The predicted molar refractivity (Wildman–Crippen MR) is 77.9 cm³/mol. The summed E-state index contributed by atoms with van der Waals surface area (Å²) in [6.07, 6.45) is 2.63. The monoisotopic (exact) mass is 269 g/mol. The molecule has 1 aromatic carbocycles. The quantitative estimate of drug-likeness (QED) is 0.879. The lowest BCUT2D eigenvalue weighted by Gasteiger charge is -2.32. The Morgan fingerprint density at radius 2 is 2.06 bits per heavy atom. The van der Waals surface area contributed by atoms with Gasteiger partial charge in [0.15, 0.2) is 0 Å². The van der Waals surface area contributed by atoms with Crippen molar-refractivity contribution in [2.75, 3.05) is 5.75 Å². The molecular weight excluding hydrogens is 250 g/mol. The van der Waals surface area contributed by atoms with Crippen molar-refractivity contribution in [1.29, 1.82) is 0 Å². The van der Waals surface area contributed by atoms with E-state index in [2.05, 4.69) is 43.1 Å². The van der Waals surface area contributed by atoms with Gasteiger partial charge in [-0.05, 0) is 43.2 Å². The van der Waals surface area contributed by atoms with Crippen molar-refractivity contribution < 1.29 is 0 Å². The molecule has 0 bridgehead atoms. The van der Waals surface area contributed by atoms with Gasteiger partial charge < -0.3 is 5.32 Å². The van der Waals surface area contributed by atoms with E-state index in [1.165, 1.54) is 24.2 Å². The molecule has 1 saturated heterocycles. The van der Waals surface area contributed by atoms with Crippen LogP contribution in [0, 0.1) is 0 Å². The van der Waals surface area contributed by atoms with E-state index in [4.69, 9.17) is 11.6 Å². The Hall–Kier alpha value is -0.180. The van der Waals surface area contributed by atoms with Gasteiger partial charge in [0.05, 0.1) is 0 Å². The van der Waals surface area contributed by atoms with Crippen molar-refractivity contribution in [1.82, 2.24) is 5.32 Å². The summed E-state index contributed by atoms with van der Waals surface area (Å²) in [7, 11) is 0. The molecule has 0 saturated carbocycles. The molecule has 1 nitrogen and oxygen atoms in total. The highest BCUT2D eigenvalue weighted by molar-refractivity contribution is 7.99. The number of hydrogen-bond acceptors (Lipinski definition) is 2. The van der Waals surface area contributed by atoms with Crippen LogP contribution in [0.3, 0.4) is 0 Å². The Morgan fingerprint density at radius 1 is 1.35 bits per heavy atom. The summed E-state index contributed by atoms with van der Waals surface area (Å²) in [4.78, 5) is 0. The maximum Gasteiger partial charge on any atom is 0.0406 e. The van der Waals surface area contributed by atoms with Crippen molar-refractivity contribution in [3.8, 4) is 0 Å². The fourth-order valence-corrected chi connectivity index (χ4v) is 3.59. The molecule has 1 aromatic rings. The first-order chi connectivity index (χ1) is 8.16. The first-order valence-electron chi connectivity index (χ1n) is 6.30.